The van der Waals surface area contributed by atoms with Crippen LogP contribution in [0.1, 0.15) is 25.7 Å². The molecule has 0 aromatic heterocycles. The Hall–Kier alpha value is -0.820. The average Bonchev–Trinajstić information content (AvgIpc) is 2.05. The molecule has 0 saturated heterocycles. The van der Waals surface area contributed by atoms with Crippen molar-refractivity contribution in [2.75, 3.05) is 12.0 Å². The van der Waals surface area contributed by atoms with Gasteiger partial charge in [-0.3, -0.25) is 0 Å². The van der Waals surface area contributed by atoms with Gasteiger partial charge < -0.3 is 15.5 Å². The molecule has 1 saturated carbocycles. The Bertz CT molecular complexity index is 356. The summed E-state index contributed by atoms with van der Waals surface area (Å²) in [5.74, 6) is -0.250. The van der Waals surface area contributed by atoms with Crippen LogP contribution in [0.25, 0.3) is 0 Å². The predicted octanol–water partition coefficient (Wildman–Crippen LogP) is -0.0277. The van der Waals surface area contributed by atoms with Crippen molar-refractivity contribution >= 4 is 15.9 Å². The van der Waals surface area contributed by atoms with Crippen LogP contribution in [0.4, 0.5) is 4.79 Å². The molecule has 0 radical (unpaired) electrons. The van der Waals surface area contributed by atoms with Crippen LogP contribution in [-0.4, -0.2) is 48.4 Å². The molecule has 7 heteroatoms. The summed E-state index contributed by atoms with van der Waals surface area (Å²) in [5, 5.41) is 20.9. The first-order chi connectivity index (χ1) is 7.20. The number of aliphatic hydroxyl groups is 1. The summed E-state index contributed by atoms with van der Waals surface area (Å²) in [5.41, 5.74) is -1.19. The maximum absolute atomic E-state index is 11.1. The van der Waals surface area contributed by atoms with Crippen molar-refractivity contribution < 1.29 is 23.4 Å². The van der Waals surface area contributed by atoms with E-state index in [2.05, 4.69) is 5.32 Å². The summed E-state index contributed by atoms with van der Waals surface area (Å²) in [6.45, 7) is 0. The van der Waals surface area contributed by atoms with Crippen molar-refractivity contribution in [3.8, 4) is 0 Å². The molecule has 94 valence electrons. The first-order valence-electron chi connectivity index (χ1n) is 5.10. The van der Waals surface area contributed by atoms with Crippen molar-refractivity contribution in [1.29, 1.82) is 0 Å². The third-order valence-corrected chi connectivity index (χ3v) is 3.84. The zero-order valence-corrected chi connectivity index (χ0v) is 9.96. The molecule has 1 aliphatic rings. The standard InChI is InChI=1S/C9H17NO5S/c1-16(14,15)6-9(13)4-2-7(3-5-9)10-8(11)12/h7,10,13H,2-6H2,1H3,(H,11,12)/t7-,9-. The molecule has 1 amide bonds. The number of hydrogen-bond acceptors (Lipinski definition) is 4. The minimum Gasteiger partial charge on any atom is -0.465 e. The molecule has 0 atom stereocenters. The topological polar surface area (TPSA) is 104 Å². The molecule has 0 aromatic rings. The number of carbonyl (C=O) groups is 1. The summed E-state index contributed by atoms with van der Waals surface area (Å²) in [6.07, 6.45) is 1.57. The summed E-state index contributed by atoms with van der Waals surface area (Å²) in [4.78, 5) is 10.4. The van der Waals surface area contributed by atoms with Crippen LogP contribution in [0.2, 0.25) is 0 Å². The second kappa shape index (κ2) is 4.58. The molecule has 0 unspecified atom stereocenters. The Morgan fingerprint density at radius 1 is 1.44 bits per heavy atom. The summed E-state index contributed by atoms with van der Waals surface area (Å²) < 4.78 is 22.2. The summed E-state index contributed by atoms with van der Waals surface area (Å²) in [6, 6.07) is -0.183. The molecule has 1 fully saturated rings. The Labute approximate surface area is 94.6 Å². The molecule has 0 aliphatic heterocycles. The van der Waals surface area contributed by atoms with Crippen molar-refractivity contribution in [2.24, 2.45) is 0 Å². The van der Waals surface area contributed by atoms with E-state index in [-0.39, 0.29) is 11.8 Å². The van der Waals surface area contributed by atoms with E-state index in [1.165, 1.54) is 0 Å². The highest BCUT2D eigenvalue weighted by atomic mass is 32.2. The highest BCUT2D eigenvalue weighted by molar-refractivity contribution is 7.90. The maximum Gasteiger partial charge on any atom is 0.404 e. The van der Waals surface area contributed by atoms with E-state index in [0.717, 1.165) is 6.26 Å². The monoisotopic (exact) mass is 251 g/mol. The molecule has 0 aromatic carbocycles. The Balaban J connectivity index is 2.50. The van der Waals surface area contributed by atoms with Gasteiger partial charge in [-0.05, 0) is 25.7 Å². The van der Waals surface area contributed by atoms with Gasteiger partial charge in [-0.2, -0.15) is 0 Å². The number of sulfone groups is 1. The normalized spacial score (nSPS) is 31.0. The highest BCUT2D eigenvalue weighted by Crippen LogP contribution is 2.29. The van der Waals surface area contributed by atoms with Gasteiger partial charge in [-0.25, -0.2) is 13.2 Å². The van der Waals surface area contributed by atoms with E-state index in [1.807, 2.05) is 0 Å². The largest absolute Gasteiger partial charge is 0.465 e. The van der Waals surface area contributed by atoms with Crippen molar-refractivity contribution in [1.82, 2.24) is 5.32 Å². The lowest BCUT2D eigenvalue weighted by atomic mass is 9.83. The van der Waals surface area contributed by atoms with Gasteiger partial charge in [0.1, 0.15) is 9.84 Å². The number of carboxylic acid groups (broad SMARTS) is 1. The number of hydrogen-bond donors (Lipinski definition) is 3. The van der Waals surface area contributed by atoms with Crippen LogP contribution in [0.3, 0.4) is 0 Å². The molecular weight excluding hydrogens is 234 g/mol. The fourth-order valence-electron chi connectivity index (χ4n) is 2.11. The van der Waals surface area contributed by atoms with Gasteiger partial charge in [-0.1, -0.05) is 0 Å². The van der Waals surface area contributed by atoms with E-state index < -0.39 is 21.5 Å². The molecule has 0 heterocycles. The van der Waals surface area contributed by atoms with Crippen LogP contribution >= 0.6 is 0 Å². The second-order valence-electron chi connectivity index (χ2n) is 4.52. The van der Waals surface area contributed by atoms with Crippen molar-refractivity contribution in [3.63, 3.8) is 0 Å². The molecule has 3 N–H and O–H groups in total. The SMILES string of the molecule is CS(=O)(=O)C[C@]1(O)CC[C@H](NC(=O)O)CC1. The molecular formula is C9H17NO5S. The lowest BCUT2D eigenvalue weighted by Crippen LogP contribution is -2.46. The Morgan fingerprint density at radius 3 is 2.31 bits per heavy atom. The van der Waals surface area contributed by atoms with E-state index in [1.54, 1.807) is 0 Å². The first-order valence-corrected chi connectivity index (χ1v) is 7.16. The van der Waals surface area contributed by atoms with E-state index in [0.29, 0.717) is 25.7 Å². The smallest absolute Gasteiger partial charge is 0.404 e. The highest BCUT2D eigenvalue weighted by Gasteiger charge is 2.36. The molecule has 0 spiro atoms. The molecule has 1 aliphatic carbocycles. The van der Waals surface area contributed by atoms with E-state index in [9.17, 15) is 18.3 Å². The van der Waals surface area contributed by atoms with Crippen LogP contribution in [0, 0.1) is 0 Å². The number of rotatable bonds is 3. The number of amides is 1. The molecule has 16 heavy (non-hydrogen) atoms. The number of nitrogens with one attached hydrogen (secondary N) is 1. The third-order valence-electron chi connectivity index (χ3n) is 2.77. The maximum atomic E-state index is 11.1. The van der Waals surface area contributed by atoms with Crippen LogP contribution in [0.15, 0.2) is 0 Å². The summed E-state index contributed by atoms with van der Waals surface area (Å²) in [7, 11) is -3.21. The van der Waals surface area contributed by atoms with Crippen LogP contribution in [0.5, 0.6) is 0 Å². The van der Waals surface area contributed by atoms with Gasteiger partial charge in [0.05, 0.1) is 11.4 Å². The van der Waals surface area contributed by atoms with Crippen molar-refractivity contribution in [3.05, 3.63) is 0 Å². The Morgan fingerprint density at radius 2 is 1.94 bits per heavy atom. The van der Waals surface area contributed by atoms with Crippen LogP contribution in [-0.2, 0) is 9.84 Å². The van der Waals surface area contributed by atoms with Gasteiger partial charge in [0.2, 0.25) is 0 Å². The van der Waals surface area contributed by atoms with Gasteiger partial charge in [0.25, 0.3) is 0 Å². The van der Waals surface area contributed by atoms with Gasteiger partial charge in [-0.15, -0.1) is 0 Å². The third kappa shape index (κ3) is 4.36. The van der Waals surface area contributed by atoms with Crippen molar-refractivity contribution in [2.45, 2.75) is 37.3 Å². The second-order valence-corrected chi connectivity index (χ2v) is 6.66. The van der Waals surface area contributed by atoms with E-state index >= 15 is 0 Å². The van der Waals surface area contributed by atoms with Gasteiger partial charge >= 0.3 is 6.09 Å². The zero-order chi connectivity index (χ0) is 12.4. The van der Waals surface area contributed by atoms with Gasteiger partial charge in [0, 0.05) is 12.3 Å². The molecule has 6 nitrogen and oxygen atoms in total. The van der Waals surface area contributed by atoms with Gasteiger partial charge in [0.15, 0.2) is 0 Å². The van der Waals surface area contributed by atoms with Crippen LogP contribution < -0.4 is 5.32 Å². The average molecular weight is 251 g/mol. The Kier molecular flexibility index (Phi) is 3.80. The fourth-order valence-corrected chi connectivity index (χ4v) is 3.37. The lowest BCUT2D eigenvalue weighted by molar-refractivity contribution is 0.0175. The minimum atomic E-state index is -3.21. The fraction of sp³-hybridized carbons (Fsp3) is 0.889. The first kappa shape index (κ1) is 13.2. The molecule has 0 bridgehead atoms. The summed E-state index contributed by atoms with van der Waals surface area (Å²) >= 11 is 0. The quantitative estimate of drug-likeness (QED) is 0.653. The predicted molar refractivity (Wildman–Crippen MR) is 58.1 cm³/mol. The zero-order valence-electron chi connectivity index (χ0n) is 9.14. The lowest BCUT2D eigenvalue weighted by Gasteiger charge is -2.35. The van der Waals surface area contributed by atoms with E-state index in [4.69, 9.17) is 5.11 Å². The molecule has 1 rings (SSSR count). The minimum absolute atomic E-state index is 0.183.